The normalized spacial score (nSPS) is 10.9. The van der Waals surface area contributed by atoms with Gasteiger partial charge in [-0.25, -0.2) is 8.42 Å². The SMILES string of the molecule is Cc1cc(C#N)ccc1S(=O)(=O)Nc1c(C)cccc1N. The second-order valence-electron chi connectivity index (χ2n) is 4.74. The Labute approximate surface area is 124 Å². The Bertz CT molecular complexity index is 816. The average Bonchev–Trinajstić information content (AvgIpc) is 2.42. The van der Waals surface area contributed by atoms with Crippen LogP contribution in [0.15, 0.2) is 41.3 Å². The molecule has 0 atom stereocenters. The van der Waals surface area contributed by atoms with Crippen LogP contribution in [0.3, 0.4) is 0 Å². The third-order valence-electron chi connectivity index (χ3n) is 3.13. The number of benzene rings is 2. The molecule has 0 fully saturated rings. The number of rotatable bonds is 3. The fraction of sp³-hybridized carbons (Fsp3) is 0.133. The highest BCUT2D eigenvalue weighted by molar-refractivity contribution is 7.92. The van der Waals surface area contributed by atoms with Crippen molar-refractivity contribution in [2.24, 2.45) is 0 Å². The van der Waals surface area contributed by atoms with Crippen molar-refractivity contribution in [3.63, 3.8) is 0 Å². The molecule has 2 rings (SSSR count). The van der Waals surface area contributed by atoms with Gasteiger partial charge < -0.3 is 5.73 Å². The predicted molar refractivity (Wildman–Crippen MR) is 82.3 cm³/mol. The summed E-state index contributed by atoms with van der Waals surface area (Å²) >= 11 is 0. The first kappa shape index (κ1) is 14.9. The number of anilines is 2. The molecule has 0 spiro atoms. The molecule has 0 saturated carbocycles. The summed E-state index contributed by atoms with van der Waals surface area (Å²) in [5.74, 6) is 0. The Morgan fingerprint density at radius 1 is 1.14 bits per heavy atom. The van der Waals surface area contributed by atoms with E-state index >= 15 is 0 Å². The zero-order valence-electron chi connectivity index (χ0n) is 11.7. The minimum atomic E-state index is -3.75. The van der Waals surface area contributed by atoms with Crippen LogP contribution in [0.5, 0.6) is 0 Å². The summed E-state index contributed by atoms with van der Waals surface area (Å²) < 4.78 is 27.5. The molecular formula is C15H15N3O2S. The third kappa shape index (κ3) is 2.98. The number of nitriles is 1. The largest absolute Gasteiger partial charge is 0.397 e. The molecular weight excluding hydrogens is 286 g/mol. The number of aryl methyl sites for hydroxylation is 2. The topological polar surface area (TPSA) is 96.0 Å². The van der Waals surface area contributed by atoms with Crippen LogP contribution < -0.4 is 10.5 Å². The molecule has 0 saturated heterocycles. The molecule has 21 heavy (non-hydrogen) atoms. The molecule has 0 bridgehead atoms. The number of nitrogens with zero attached hydrogens (tertiary/aromatic N) is 1. The Morgan fingerprint density at radius 3 is 2.43 bits per heavy atom. The summed E-state index contributed by atoms with van der Waals surface area (Å²) in [4.78, 5) is 0.129. The first-order chi connectivity index (χ1) is 9.85. The van der Waals surface area contributed by atoms with Gasteiger partial charge in [-0.15, -0.1) is 0 Å². The number of hydrogen-bond acceptors (Lipinski definition) is 4. The Kier molecular flexibility index (Phi) is 3.87. The summed E-state index contributed by atoms with van der Waals surface area (Å²) in [5.41, 5.74) is 8.23. The van der Waals surface area contributed by atoms with E-state index in [0.29, 0.717) is 22.5 Å². The monoisotopic (exact) mass is 301 g/mol. The molecule has 0 amide bonds. The molecule has 0 radical (unpaired) electrons. The van der Waals surface area contributed by atoms with Crippen LogP contribution in [0.2, 0.25) is 0 Å². The lowest BCUT2D eigenvalue weighted by atomic mass is 10.2. The van der Waals surface area contributed by atoms with Crippen molar-refractivity contribution in [2.75, 3.05) is 10.5 Å². The number of para-hydroxylation sites is 1. The molecule has 2 aromatic carbocycles. The van der Waals surface area contributed by atoms with Crippen LogP contribution in [0.4, 0.5) is 11.4 Å². The number of nitrogens with two attached hydrogens (primary N) is 1. The predicted octanol–water partition coefficient (Wildman–Crippen LogP) is 2.56. The van der Waals surface area contributed by atoms with E-state index in [-0.39, 0.29) is 4.90 Å². The summed E-state index contributed by atoms with van der Waals surface area (Å²) in [7, 11) is -3.75. The molecule has 5 nitrogen and oxygen atoms in total. The van der Waals surface area contributed by atoms with Gasteiger partial charge in [0.25, 0.3) is 10.0 Å². The van der Waals surface area contributed by atoms with Crippen molar-refractivity contribution < 1.29 is 8.42 Å². The van der Waals surface area contributed by atoms with Crippen LogP contribution in [-0.4, -0.2) is 8.42 Å². The summed E-state index contributed by atoms with van der Waals surface area (Å²) in [6.45, 7) is 3.43. The highest BCUT2D eigenvalue weighted by Crippen LogP contribution is 2.27. The average molecular weight is 301 g/mol. The van der Waals surface area contributed by atoms with Crippen LogP contribution in [0.25, 0.3) is 0 Å². The number of nitrogens with one attached hydrogen (secondary N) is 1. The van der Waals surface area contributed by atoms with Crippen LogP contribution in [0.1, 0.15) is 16.7 Å². The zero-order chi connectivity index (χ0) is 15.6. The fourth-order valence-corrected chi connectivity index (χ4v) is 3.43. The molecule has 0 aliphatic heterocycles. The van der Waals surface area contributed by atoms with Gasteiger partial charge in [-0.3, -0.25) is 4.72 Å². The van der Waals surface area contributed by atoms with Crippen LogP contribution in [-0.2, 0) is 10.0 Å². The van der Waals surface area contributed by atoms with E-state index in [1.807, 2.05) is 6.07 Å². The van der Waals surface area contributed by atoms with Gasteiger partial charge >= 0.3 is 0 Å². The standard InChI is InChI=1S/C15H15N3O2S/c1-10-4-3-5-13(17)15(10)18-21(19,20)14-7-6-12(9-16)8-11(14)2/h3-8,18H,17H2,1-2H3. The summed E-state index contributed by atoms with van der Waals surface area (Å²) in [6.07, 6.45) is 0. The van der Waals surface area contributed by atoms with Crippen molar-refractivity contribution in [3.8, 4) is 6.07 Å². The number of sulfonamides is 1. The second-order valence-corrected chi connectivity index (χ2v) is 6.39. The van der Waals surface area contributed by atoms with Gasteiger partial charge in [-0.1, -0.05) is 12.1 Å². The van der Waals surface area contributed by atoms with Crippen LogP contribution >= 0.6 is 0 Å². The van der Waals surface area contributed by atoms with Crippen molar-refractivity contribution in [1.82, 2.24) is 0 Å². The molecule has 0 unspecified atom stereocenters. The first-order valence-electron chi connectivity index (χ1n) is 6.24. The van der Waals surface area contributed by atoms with Gasteiger partial charge in [-0.2, -0.15) is 5.26 Å². The number of hydrogen-bond donors (Lipinski definition) is 2. The van der Waals surface area contributed by atoms with E-state index in [0.717, 1.165) is 5.56 Å². The molecule has 3 N–H and O–H groups in total. The lowest BCUT2D eigenvalue weighted by Gasteiger charge is -2.14. The Balaban J connectivity index is 2.47. The molecule has 0 heterocycles. The van der Waals surface area contributed by atoms with E-state index in [4.69, 9.17) is 11.0 Å². The van der Waals surface area contributed by atoms with Crippen molar-refractivity contribution >= 4 is 21.4 Å². The van der Waals surface area contributed by atoms with E-state index < -0.39 is 10.0 Å². The highest BCUT2D eigenvalue weighted by Gasteiger charge is 2.19. The van der Waals surface area contributed by atoms with Gasteiger partial charge in [0.05, 0.1) is 27.9 Å². The minimum absolute atomic E-state index is 0.129. The maximum Gasteiger partial charge on any atom is 0.262 e. The molecule has 0 aromatic heterocycles. The zero-order valence-corrected chi connectivity index (χ0v) is 12.5. The Hall–Kier alpha value is -2.52. The third-order valence-corrected chi connectivity index (χ3v) is 4.64. The molecule has 2 aromatic rings. The first-order valence-corrected chi connectivity index (χ1v) is 7.72. The van der Waals surface area contributed by atoms with Crippen molar-refractivity contribution in [1.29, 1.82) is 5.26 Å². The maximum absolute atomic E-state index is 12.5. The Morgan fingerprint density at radius 2 is 1.86 bits per heavy atom. The lowest BCUT2D eigenvalue weighted by molar-refractivity contribution is 0.600. The van der Waals surface area contributed by atoms with E-state index in [9.17, 15) is 8.42 Å². The summed E-state index contributed by atoms with van der Waals surface area (Å²) in [6, 6.07) is 11.6. The second kappa shape index (κ2) is 5.46. The van der Waals surface area contributed by atoms with Gasteiger partial charge in [0, 0.05) is 0 Å². The van der Waals surface area contributed by atoms with E-state index in [1.54, 1.807) is 32.0 Å². The molecule has 6 heteroatoms. The smallest absolute Gasteiger partial charge is 0.262 e. The molecule has 0 aliphatic rings. The molecule has 0 aliphatic carbocycles. The minimum Gasteiger partial charge on any atom is -0.397 e. The van der Waals surface area contributed by atoms with E-state index in [2.05, 4.69) is 4.72 Å². The van der Waals surface area contributed by atoms with Gasteiger partial charge in [-0.05, 0) is 49.2 Å². The van der Waals surface area contributed by atoms with Crippen LogP contribution in [0, 0.1) is 25.2 Å². The molecule has 108 valence electrons. The van der Waals surface area contributed by atoms with Crippen molar-refractivity contribution in [3.05, 3.63) is 53.1 Å². The fourth-order valence-electron chi connectivity index (χ4n) is 2.04. The maximum atomic E-state index is 12.5. The van der Waals surface area contributed by atoms with Gasteiger partial charge in [0.15, 0.2) is 0 Å². The van der Waals surface area contributed by atoms with Gasteiger partial charge in [0.1, 0.15) is 0 Å². The lowest BCUT2D eigenvalue weighted by Crippen LogP contribution is -2.16. The quantitative estimate of drug-likeness (QED) is 0.851. The van der Waals surface area contributed by atoms with E-state index in [1.165, 1.54) is 18.2 Å². The highest BCUT2D eigenvalue weighted by atomic mass is 32.2. The van der Waals surface area contributed by atoms with Crippen molar-refractivity contribution in [2.45, 2.75) is 18.7 Å². The summed E-state index contributed by atoms with van der Waals surface area (Å²) in [5, 5.41) is 8.83. The van der Waals surface area contributed by atoms with Gasteiger partial charge in [0.2, 0.25) is 0 Å². The number of nitrogen functional groups attached to an aromatic ring is 1.